The van der Waals surface area contributed by atoms with E-state index in [1.165, 1.54) is 0 Å². The van der Waals surface area contributed by atoms with Gasteiger partial charge in [0.25, 0.3) is 0 Å². The van der Waals surface area contributed by atoms with Gasteiger partial charge in [-0.25, -0.2) is 4.98 Å². The molecule has 2 N–H and O–H groups in total. The second-order valence-corrected chi connectivity index (χ2v) is 5.96. The number of nitrogens with zero attached hydrogens (tertiary/aromatic N) is 2. The fourth-order valence-corrected chi connectivity index (χ4v) is 3.17. The average molecular weight is 324 g/mol. The monoisotopic (exact) mass is 323 g/mol. The van der Waals surface area contributed by atoms with Gasteiger partial charge in [-0.15, -0.1) is 0 Å². The van der Waals surface area contributed by atoms with Crippen LogP contribution in [0.1, 0.15) is 17.7 Å². The minimum absolute atomic E-state index is 0.0214. The van der Waals surface area contributed by atoms with Gasteiger partial charge in [0.1, 0.15) is 5.03 Å². The summed E-state index contributed by atoms with van der Waals surface area (Å²) in [4.78, 5) is 8.52. The van der Waals surface area contributed by atoms with Crippen molar-refractivity contribution in [2.24, 2.45) is 5.73 Å². The predicted octanol–water partition coefficient (Wildman–Crippen LogP) is 3.42. The quantitative estimate of drug-likeness (QED) is 0.876. The van der Waals surface area contributed by atoms with Crippen molar-refractivity contribution in [3.8, 4) is 0 Å². The van der Waals surface area contributed by atoms with Gasteiger partial charge in [-0.05, 0) is 46.6 Å². The van der Waals surface area contributed by atoms with E-state index in [0.717, 1.165) is 15.1 Å². The lowest BCUT2D eigenvalue weighted by atomic mass is 10.1. The van der Waals surface area contributed by atoms with Gasteiger partial charge in [-0.1, -0.05) is 17.8 Å². The molecule has 2 rings (SSSR count). The van der Waals surface area contributed by atoms with Gasteiger partial charge >= 0.3 is 0 Å². The van der Waals surface area contributed by atoms with Crippen molar-refractivity contribution in [2.45, 2.75) is 23.2 Å². The van der Waals surface area contributed by atoms with Crippen molar-refractivity contribution in [3.05, 3.63) is 52.9 Å². The Morgan fingerprint density at radius 3 is 2.67 bits per heavy atom. The first-order chi connectivity index (χ1) is 8.68. The minimum atomic E-state index is 0.0214. The molecule has 2 heterocycles. The molecule has 0 aliphatic carbocycles. The van der Waals surface area contributed by atoms with E-state index in [2.05, 4.69) is 25.9 Å². The van der Waals surface area contributed by atoms with E-state index < -0.39 is 0 Å². The second kappa shape index (κ2) is 6.31. The number of hydrogen-bond acceptors (Lipinski definition) is 4. The molecule has 0 aromatic carbocycles. The van der Waals surface area contributed by atoms with Gasteiger partial charge in [-0.2, -0.15) is 0 Å². The molecule has 0 fully saturated rings. The van der Waals surface area contributed by atoms with Crippen LogP contribution in [0.2, 0.25) is 0 Å². The molecule has 0 saturated heterocycles. The molecule has 2 aromatic heterocycles. The van der Waals surface area contributed by atoms with Crippen LogP contribution >= 0.6 is 27.7 Å². The van der Waals surface area contributed by atoms with Crippen molar-refractivity contribution in [1.82, 2.24) is 9.97 Å². The topological polar surface area (TPSA) is 51.8 Å². The average Bonchev–Trinajstić information content (AvgIpc) is 2.38. The van der Waals surface area contributed by atoms with Crippen LogP contribution in [0.3, 0.4) is 0 Å². The molecule has 18 heavy (non-hydrogen) atoms. The molecule has 0 amide bonds. The zero-order valence-corrected chi connectivity index (χ0v) is 12.4. The summed E-state index contributed by atoms with van der Waals surface area (Å²) in [5.74, 6) is 0. The molecule has 0 aliphatic heterocycles. The molecule has 5 heteroatoms. The van der Waals surface area contributed by atoms with Gasteiger partial charge in [0.2, 0.25) is 0 Å². The summed E-state index contributed by atoms with van der Waals surface area (Å²) in [6.07, 6.45) is 5.41. The number of aromatic nitrogens is 2. The predicted molar refractivity (Wildman–Crippen MR) is 78.4 cm³/mol. The lowest BCUT2D eigenvalue weighted by Crippen LogP contribution is -2.22. The number of rotatable bonds is 4. The highest BCUT2D eigenvalue weighted by molar-refractivity contribution is 9.10. The highest BCUT2D eigenvalue weighted by atomic mass is 79.9. The molecule has 2 atom stereocenters. The Bertz CT molecular complexity index is 505. The fourth-order valence-electron chi connectivity index (χ4n) is 1.60. The zero-order valence-electron chi connectivity index (χ0n) is 9.95. The van der Waals surface area contributed by atoms with E-state index >= 15 is 0 Å². The lowest BCUT2D eigenvalue weighted by Gasteiger charge is -2.20. The Labute approximate surface area is 119 Å². The van der Waals surface area contributed by atoms with Crippen LogP contribution in [0.5, 0.6) is 0 Å². The molecule has 3 nitrogen and oxygen atoms in total. The maximum absolute atomic E-state index is 6.07. The molecular formula is C13H14BrN3S. The van der Waals surface area contributed by atoms with Crippen molar-refractivity contribution in [1.29, 1.82) is 0 Å². The third-order valence-corrected chi connectivity index (χ3v) is 4.86. The maximum atomic E-state index is 6.07. The van der Waals surface area contributed by atoms with Gasteiger partial charge < -0.3 is 5.73 Å². The SMILES string of the molecule is CC(N)C(Sc1ncccc1Br)c1cccnc1. The Balaban J connectivity index is 2.26. The first-order valence-corrected chi connectivity index (χ1v) is 7.28. The number of pyridine rings is 2. The number of nitrogens with two attached hydrogens (primary N) is 1. The van der Waals surface area contributed by atoms with Gasteiger partial charge in [0.05, 0.1) is 5.25 Å². The van der Waals surface area contributed by atoms with E-state index in [0.29, 0.717) is 0 Å². The molecule has 0 aliphatic rings. The highest BCUT2D eigenvalue weighted by Gasteiger charge is 2.19. The molecule has 2 unspecified atom stereocenters. The van der Waals surface area contributed by atoms with E-state index in [1.54, 1.807) is 24.2 Å². The van der Waals surface area contributed by atoms with Crippen LogP contribution < -0.4 is 5.73 Å². The Hall–Kier alpha value is -0.910. The van der Waals surface area contributed by atoms with Gasteiger partial charge in [0.15, 0.2) is 0 Å². The van der Waals surface area contributed by atoms with E-state index in [-0.39, 0.29) is 11.3 Å². The molecule has 0 bridgehead atoms. The third-order valence-electron chi connectivity index (χ3n) is 2.45. The maximum Gasteiger partial charge on any atom is 0.111 e. The summed E-state index contributed by atoms with van der Waals surface area (Å²) in [6, 6.07) is 7.88. The summed E-state index contributed by atoms with van der Waals surface area (Å²) in [5.41, 5.74) is 7.20. The van der Waals surface area contributed by atoms with Crippen LogP contribution in [0, 0.1) is 0 Å². The summed E-state index contributed by atoms with van der Waals surface area (Å²) < 4.78 is 0.990. The first kappa shape index (κ1) is 13.5. The molecular weight excluding hydrogens is 310 g/mol. The third kappa shape index (κ3) is 3.31. The Morgan fingerprint density at radius 1 is 1.28 bits per heavy atom. The molecule has 94 valence electrons. The molecule has 0 radical (unpaired) electrons. The lowest BCUT2D eigenvalue weighted by molar-refractivity contribution is 0.717. The van der Waals surface area contributed by atoms with Crippen molar-refractivity contribution in [2.75, 3.05) is 0 Å². The van der Waals surface area contributed by atoms with Crippen molar-refractivity contribution < 1.29 is 0 Å². The van der Waals surface area contributed by atoms with Crippen LogP contribution in [0.4, 0.5) is 0 Å². The Morgan fingerprint density at radius 2 is 2.06 bits per heavy atom. The van der Waals surface area contributed by atoms with Gasteiger partial charge in [0, 0.05) is 29.1 Å². The van der Waals surface area contributed by atoms with Crippen LogP contribution in [0.25, 0.3) is 0 Å². The highest BCUT2D eigenvalue weighted by Crippen LogP contribution is 2.38. The van der Waals surface area contributed by atoms with Crippen LogP contribution in [0.15, 0.2) is 52.4 Å². The van der Waals surface area contributed by atoms with Crippen LogP contribution in [-0.4, -0.2) is 16.0 Å². The molecule has 2 aromatic rings. The standard InChI is InChI=1S/C13H14BrN3S/c1-9(15)12(10-4-2-6-16-8-10)18-13-11(14)5-3-7-17-13/h2-9,12H,15H2,1H3. The van der Waals surface area contributed by atoms with Gasteiger partial charge in [-0.3, -0.25) is 4.98 Å². The normalized spacial score (nSPS) is 14.2. The summed E-state index contributed by atoms with van der Waals surface area (Å²) in [5, 5.41) is 1.09. The van der Waals surface area contributed by atoms with E-state index in [4.69, 9.17) is 5.73 Å². The largest absolute Gasteiger partial charge is 0.327 e. The fraction of sp³-hybridized carbons (Fsp3) is 0.231. The number of halogens is 1. The number of thioether (sulfide) groups is 1. The molecule has 0 spiro atoms. The minimum Gasteiger partial charge on any atom is -0.327 e. The zero-order chi connectivity index (χ0) is 13.0. The number of hydrogen-bond donors (Lipinski definition) is 1. The Kier molecular flexibility index (Phi) is 4.74. The first-order valence-electron chi connectivity index (χ1n) is 5.61. The summed E-state index contributed by atoms with van der Waals surface area (Å²) >= 11 is 5.16. The molecule has 0 saturated carbocycles. The van der Waals surface area contributed by atoms with E-state index in [1.807, 2.05) is 37.4 Å². The van der Waals surface area contributed by atoms with E-state index in [9.17, 15) is 0 Å². The summed E-state index contributed by atoms with van der Waals surface area (Å²) in [6.45, 7) is 2.00. The van der Waals surface area contributed by atoms with Crippen molar-refractivity contribution >= 4 is 27.7 Å². The van der Waals surface area contributed by atoms with Crippen molar-refractivity contribution in [3.63, 3.8) is 0 Å². The smallest absolute Gasteiger partial charge is 0.111 e. The summed E-state index contributed by atoms with van der Waals surface area (Å²) in [7, 11) is 0. The van der Waals surface area contributed by atoms with Crippen LogP contribution in [-0.2, 0) is 0 Å². The second-order valence-electron chi connectivity index (χ2n) is 3.97.